The molecule has 1 aromatic rings. The summed E-state index contributed by atoms with van der Waals surface area (Å²) in [5.74, 6) is 0.144. The van der Waals surface area contributed by atoms with Gasteiger partial charge in [0.1, 0.15) is 0 Å². The first-order valence-electron chi connectivity index (χ1n) is 4.89. The zero-order valence-electron chi connectivity index (χ0n) is 8.75. The van der Waals surface area contributed by atoms with Gasteiger partial charge in [0.05, 0.1) is 17.5 Å². The second kappa shape index (κ2) is 2.69. The lowest BCUT2D eigenvalue weighted by atomic mass is 10.2. The lowest BCUT2D eigenvalue weighted by Gasteiger charge is -2.17. The third kappa shape index (κ3) is 1.19. The molecule has 0 aromatic heterocycles. The normalized spacial score (nSPS) is 24.2. The minimum Gasteiger partial charge on any atom is -0.395 e. The van der Waals surface area contributed by atoms with E-state index in [1.165, 1.54) is 6.07 Å². The smallest absolute Gasteiger partial charge is 0.395 e. The van der Waals surface area contributed by atoms with Crippen molar-refractivity contribution in [3.05, 3.63) is 12.1 Å². The SMILES string of the molecule is CC1Nc2cc3c(cc2N1C)OC(F)(F)O3. The lowest BCUT2D eigenvalue weighted by Crippen LogP contribution is -2.28. The fourth-order valence-corrected chi connectivity index (χ4v) is 1.92. The third-order valence-electron chi connectivity index (χ3n) is 2.84. The van der Waals surface area contributed by atoms with Gasteiger partial charge < -0.3 is 19.7 Å². The summed E-state index contributed by atoms with van der Waals surface area (Å²) in [6.07, 6.45) is -3.43. The number of fused-ring (bicyclic) bond motifs is 2. The maximum absolute atomic E-state index is 12.8. The van der Waals surface area contributed by atoms with E-state index in [1.807, 2.05) is 18.9 Å². The Morgan fingerprint density at radius 1 is 1.31 bits per heavy atom. The predicted octanol–water partition coefficient (Wildman–Crippen LogP) is 2.22. The predicted molar refractivity (Wildman–Crippen MR) is 54.1 cm³/mol. The van der Waals surface area contributed by atoms with E-state index in [0.29, 0.717) is 0 Å². The Balaban J connectivity index is 2.06. The number of halogens is 2. The topological polar surface area (TPSA) is 33.7 Å². The highest BCUT2D eigenvalue weighted by molar-refractivity contribution is 5.79. The molecule has 1 N–H and O–H groups in total. The molecular formula is C10H10F2N2O2. The molecule has 0 saturated heterocycles. The molecule has 0 radical (unpaired) electrons. The van der Waals surface area contributed by atoms with Gasteiger partial charge in [0.15, 0.2) is 11.5 Å². The van der Waals surface area contributed by atoms with Crippen LogP contribution in [0.1, 0.15) is 6.92 Å². The average molecular weight is 228 g/mol. The molecule has 1 unspecified atom stereocenters. The van der Waals surface area contributed by atoms with Crippen molar-refractivity contribution in [3.8, 4) is 11.5 Å². The Bertz CT molecular complexity index is 464. The molecule has 6 heteroatoms. The van der Waals surface area contributed by atoms with Gasteiger partial charge in [-0.2, -0.15) is 0 Å². The van der Waals surface area contributed by atoms with Crippen molar-refractivity contribution >= 4 is 11.4 Å². The maximum atomic E-state index is 12.8. The first kappa shape index (κ1) is 9.50. The van der Waals surface area contributed by atoms with E-state index < -0.39 is 6.29 Å². The number of nitrogens with one attached hydrogen (secondary N) is 1. The number of alkyl halides is 2. The lowest BCUT2D eigenvalue weighted by molar-refractivity contribution is -0.286. The molecule has 3 rings (SSSR count). The quantitative estimate of drug-likeness (QED) is 0.738. The van der Waals surface area contributed by atoms with E-state index in [2.05, 4.69) is 14.8 Å². The number of benzene rings is 1. The molecule has 1 atom stereocenters. The van der Waals surface area contributed by atoms with Gasteiger partial charge >= 0.3 is 6.29 Å². The average Bonchev–Trinajstić information content (AvgIpc) is 2.60. The van der Waals surface area contributed by atoms with Crippen LogP contribution in [0.25, 0.3) is 0 Å². The standard InChI is InChI=1S/C10H10F2N2O2/c1-5-13-6-3-8-9(4-7(6)14(5)2)16-10(11,12)15-8/h3-5,13H,1-2H3. The Morgan fingerprint density at radius 3 is 2.62 bits per heavy atom. The minimum absolute atomic E-state index is 0.0683. The highest BCUT2D eigenvalue weighted by Crippen LogP contribution is 2.48. The number of rotatable bonds is 0. The molecule has 0 spiro atoms. The number of ether oxygens (including phenoxy) is 2. The van der Waals surface area contributed by atoms with Crippen molar-refractivity contribution in [2.45, 2.75) is 19.4 Å². The molecule has 16 heavy (non-hydrogen) atoms. The van der Waals surface area contributed by atoms with Crippen LogP contribution in [-0.4, -0.2) is 19.5 Å². The molecule has 86 valence electrons. The Morgan fingerprint density at radius 2 is 1.94 bits per heavy atom. The third-order valence-corrected chi connectivity index (χ3v) is 2.84. The van der Waals surface area contributed by atoms with Gasteiger partial charge in [0.2, 0.25) is 0 Å². The first-order chi connectivity index (χ1) is 7.46. The van der Waals surface area contributed by atoms with E-state index in [0.717, 1.165) is 11.4 Å². The van der Waals surface area contributed by atoms with Crippen LogP contribution in [0, 0.1) is 0 Å². The van der Waals surface area contributed by atoms with E-state index in [1.54, 1.807) is 6.07 Å². The van der Waals surface area contributed by atoms with Crippen LogP contribution in [0.5, 0.6) is 11.5 Å². The van der Waals surface area contributed by atoms with Gasteiger partial charge in [-0.1, -0.05) is 0 Å². The van der Waals surface area contributed by atoms with Gasteiger partial charge in [-0.25, -0.2) is 0 Å². The highest BCUT2D eigenvalue weighted by Gasteiger charge is 2.44. The monoisotopic (exact) mass is 228 g/mol. The van der Waals surface area contributed by atoms with Gasteiger partial charge in [-0.3, -0.25) is 0 Å². The molecular weight excluding hydrogens is 218 g/mol. The van der Waals surface area contributed by atoms with Crippen LogP contribution in [0.2, 0.25) is 0 Å². The van der Waals surface area contributed by atoms with Gasteiger partial charge in [-0.15, -0.1) is 8.78 Å². The van der Waals surface area contributed by atoms with E-state index in [4.69, 9.17) is 0 Å². The summed E-state index contributed by atoms with van der Waals surface area (Å²) in [5.41, 5.74) is 1.60. The second-order valence-electron chi connectivity index (χ2n) is 3.91. The number of anilines is 2. The molecule has 0 aliphatic carbocycles. The fourth-order valence-electron chi connectivity index (χ4n) is 1.92. The molecule has 0 amide bonds. The second-order valence-corrected chi connectivity index (χ2v) is 3.91. The van der Waals surface area contributed by atoms with Crippen molar-refractivity contribution in [1.82, 2.24) is 0 Å². The summed E-state index contributed by atoms with van der Waals surface area (Å²) in [6.45, 7) is 1.97. The van der Waals surface area contributed by atoms with Crippen LogP contribution < -0.4 is 19.7 Å². The van der Waals surface area contributed by atoms with Crippen molar-refractivity contribution in [1.29, 1.82) is 0 Å². The Kier molecular flexibility index (Phi) is 1.60. The van der Waals surface area contributed by atoms with Crippen LogP contribution in [0.3, 0.4) is 0 Å². The van der Waals surface area contributed by atoms with Crippen molar-refractivity contribution < 1.29 is 18.3 Å². The number of nitrogens with zero attached hydrogens (tertiary/aromatic N) is 1. The highest BCUT2D eigenvalue weighted by atomic mass is 19.3. The van der Waals surface area contributed by atoms with Crippen LogP contribution in [0.15, 0.2) is 12.1 Å². The summed E-state index contributed by atoms with van der Waals surface area (Å²) >= 11 is 0. The maximum Gasteiger partial charge on any atom is 0.586 e. The minimum atomic E-state index is -3.55. The largest absolute Gasteiger partial charge is 0.586 e. The molecule has 1 aromatic carbocycles. The fraction of sp³-hybridized carbons (Fsp3) is 0.400. The van der Waals surface area contributed by atoms with Crippen molar-refractivity contribution in [3.63, 3.8) is 0 Å². The van der Waals surface area contributed by atoms with Crippen molar-refractivity contribution in [2.75, 3.05) is 17.3 Å². The molecule has 0 bridgehead atoms. The number of hydrogen-bond donors (Lipinski definition) is 1. The van der Waals surface area contributed by atoms with Gasteiger partial charge in [-0.05, 0) is 6.92 Å². The van der Waals surface area contributed by atoms with Crippen LogP contribution in [0.4, 0.5) is 20.2 Å². The molecule has 4 nitrogen and oxygen atoms in total. The van der Waals surface area contributed by atoms with Crippen LogP contribution in [-0.2, 0) is 0 Å². The first-order valence-corrected chi connectivity index (χ1v) is 4.89. The summed E-state index contributed by atoms with van der Waals surface area (Å²) < 4.78 is 34.4. The van der Waals surface area contributed by atoms with Gasteiger partial charge in [0.25, 0.3) is 0 Å². The molecule has 2 heterocycles. The summed E-state index contributed by atoms with van der Waals surface area (Å²) in [5, 5.41) is 3.15. The summed E-state index contributed by atoms with van der Waals surface area (Å²) in [6, 6.07) is 3.09. The van der Waals surface area contributed by atoms with Crippen molar-refractivity contribution in [2.24, 2.45) is 0 Å². The Labute approximate surface area is 90.7 Å². The van der Waals surface area contributed by atoms with Gasteiger partial charge in [0, 0.05) is 19.2 Å². The zero-order valence-corrected chi connectivity index (χ0v) is 8.75. The van der Waals surface area contributed by atoms with Crippen LogP contribution >= 0.6 is 0 Å². The molecule has 0 fully saturated rings. The molecule has 2 aliphatic heterocycles. The summed E-state index contributed by atoms with van der Waals surface area (Å²) in [7, 11) is 1.88. The van der Waals surface area contributed by atoms with E-state index >= 15 is 0 Å². The Hall–Kier alpha value is -1.72. The van der Waals surface area contributed by atoms with E-state index in [9.17, 15) is 8.78 Å². The zero-order chi connectivity index (χ0) is 11.5. The molecule has 0 saturated carbocycles. The summed E-state index contributed by atoms with van der Waals surface area (Å²) in [4.78, 5) is 1.94. The van der Waals surface area contributed by atoms with E-state index in [-0.39, 0.29) is 17.7 Å². The number of hydrogen-bond acceptors (Lipinski definition) is 4. The molecule has 2 aliphatic rings.